The lowest BCUT2D eigenvalue weighted by molar-refractivity contribution is -0.148. The summed E-state index contributed by atoms with van der Waals surface area (Å²) in [6.07, 6.45) is 0. The maximum atomic E-state index is 13.3. The lowest BCUT2D eigenvalue weighted by atomic mass is 9.98. The molecule has 0 saturated heterocycles. The number of aromatic nitrogens is 1. The summed E-state index contributed by atoms with van der Waals surface area (Å²) in [5.74, 6) is 0.509. The highest BCUT2D eigenvalue weighted by molar-refractivity contribution is 7.14. The number of hydrogen-bond donors (Lipinski definition) is 0. The smallest absolute Gasteiger partial charge is 0.331 e. The van der Waals surface area contributed by atoms with Crippen molar-refractivity contribution in [2.75, 3.05) is 20.8 Å². The molecule has 0 N–H and O–H groups in total. The Morgan fingerprint density at radius 1 is 1.27 bits per heavy atom. The monoisotopic (exact) mass is 432 g/mol. The van der Waals surface area contributed by atoms with Crippen LogP contribution >= 0.6 is 11.3 Å². The number of thiazole rings is 1. The highest BCUT2D eigenvalue weighted by atomic mass is 32.1. The van der Waals surface area contributed by atoms with Crippen molar-refractivity contribution >= 4 is 23.1 Å². The third-order valence-electron chi connectivity index (χ3n) is 4.91. The Morgan fingerprint density at radius 2 is 2.00 bits per heavy atom. The first-order chi connectivity index (χ1) is 14.2. The molecular weight excluding hydrogens is 404 g/mol. The molecule has 162 valence electrons. The molecule has 0 fully saturated rings. The lowest BCUT2D eigenvalue weighted by Gasteiger charge is -2.32. The third-order valence-corrected chi connectivity index (χ3v) is 6.44. The Hall–Kier alpha value is -2.45. The van der Waals surface area contributed by atoms with Crippen LogP contribution in [0.2, 0.25) is 0 Å². The topological polar surface area (TPSA) is 78.0 Å². The molecule has 0 saturated carbocycles. The van der Waals surface area contributed by atoms with E-state index in [1.54, 1.807) is 32.1 Å². The zero-order chi connectivity index (χ0) is 22.1. The largest absolute Gasteiger partial charge is 0.497 e. The number of ether oxygens (including phenoxy) is 3. The molecule has 2 heterocycles. The molecule has 30 heavy (non-hydrogen) atoms. The molecule has 0 bridgehead atoms. The van der Waals surface area contributed by atoms with E-state index in [4.69, 9.17) is 19.2 Å². The van der Waals surface area contributed by atoms with Gasteiger partial charge in [-0.3, -0.25) is 9.69 Å². The van der Waals surface area contributed by atoms with E-state index >= 15 is 0 Å². The minimum absolute atomic E-state index is 0.175. The standard InChI is InChI=1S/C22H28N2O5S/c1-7-29-20(26)17-18(25)19-15(23-21(30-19)22(2,3)4)12-24(17)11-13-8-9-14(27-5)10-16(13)28-6/h8-10,17H,7,11-12H2,1-6H3. The number of esters is 1. The Balaban J connectivity index is 2.00. The van der Waals surface area contributed by atoms with Gasteiger partial charge in [0.15, 0.2) is 6.04 Å². The summed E-state index contributed by atoms with van der Waals surface area (Å²) in [7, 11) is 3.17. The van der Waals surface area contributed by atoms with E-state index in [1.807, 2.05) is 12.1 Å². The van der Waals surface area contributed by atoms with E-state index in [0.29, 0.717) is 35.2 Å². The minimum atomic E-state index is -1.00. The molecule has 1 aliphatic rings. The van der Waals surface area contributed by atoms with Gasteiger partial charge in [-0.25, -0.2) is 9.78 Å². The highest BCUT2D eigenvalue weighted by Gasteiger charge is 2.42. The predicted octanol–water partition coefficient (Wildman–Crippen LogP) is 3.59. The first-order valence-electron chi connectivity index (χ1n) is 9.85. The van der Waals surface area contributed by atoms with E-state index in [9.17, 15) is 9.59 Å². The van der Waals surface area contributed by atoms with Crippen molar-refractivity contribution in [1.29, 1.82) is 0 Å². The number of carbonyl (C=O) groups excluding carboxylic acids is 2. The van der Waals surface area contributed by atoms with Crippen LogP contribution in [0.5, 0.6) is 11.5 Å². The Labute approximate surface area is 181 Å². The molecular formula is C22H28N2O5S. The van der Waals surface area contributed by atoms with E-state index < -0.39 is 12.0 Å². The van der Waals surface area contributed by atoms with Crippen LogP contribution in [0.25, 0.3) is 0 Å². The Kier molecular flexibility index (Phi) is 6.47. The van der Waals surface area contributed by atoms with Crippen molar-refractivity contribution in [1.82, 2.24) is 9.88 Å². The summed E-state index contributed by atoms with van der Waals surface area (Å²) in [6, 6.07) is 4.49. The van der Waals surface area contributed by atoms with E-state index in [0.717, 1.165) is 10.6 Å². The number of fused-ring (bicyclic) bond motifs is 1. The molecule has 1 aromatic carbocycles. The van der Waals surface area contributed by atoms with Crippen molar-refractivity contribution in [2.24, 2.45) is 0 Å². The summed E-state index contributed by atoms with van der Waals surface area (Å²) in [5.41, 5.74) is 1.38. The molecule has 0 radical (unpaired) electrons. The number of hydrogen-bond acceptors (Lipinski definition) is 8. The van der Waals surface area contributed by atoms with Gasteiger partial charge in [0.25, 0.3) is 0 Å². The summed E-state index contributed by atoms with van der Waals surface area (Å²) >= 11 is 1.37. The quantitative estimate of drug-likeness (QED) is 0.510. The van der Waals surface area contributed by atoms with Gasteiger partial charge in [-0.1, -0.05) is 26.8 Å². The molecule has 2 aromatic rings. The van der Waals surface area contributed by atoms with Gasteiger partial charge in [0.05, 0.1) is 36.4 Å². The van der Waals surface area contributed by atoms with Gasteiger partial charge in [0, 0.05) is 30.1 Å². The minimum Gasteiger partial charge on any atom is -0.497 e. The summed E-state index contributed by atoms with van der Waals surface area (Å²) in [6.45, 7) is 8.85. The molecule has 1 aromatic heterocycles. The van der Waals surface area contributed by atoms with Crippen molar-refractivity contribution in [3.63, 3.8) is 0 Å². The van der Waals surface area contributed by atoms with Gasteiger partial charge in [-0.2, -0.15) is 0 Å². The maximum Gasteiger partial charge on any atom is 0.331 e. The number of nitrogens with zero attached hydrogens (tertiary/aromatic N) is 2. The fourth-order valence-electron chi connectivity index (χ4n) is 3.37. The van der Waals surface area contributed by atoms with E-state index in [1.165, 1.54) is 11.3 Å². The zero-order valence-electron chi connectivity index (χ0n) is 18.3. The number of methoxy groups -OCH3 is 2. The van der Waals surface area contributed by atoms with Crippen molar-refractivity contribution in [2.45, 2.75) is 52.2 Å². The number of rotatable bonds is 6. The molecule has 1 atom stereocenters. The maximum absolute atomic E-state index is 13.3. The number of benzene rings is 1. The molecule has 1 unspecified atom stereocenters. The van der Waals surface area contributed by atoms with Crippen LogP contribution in [0.3, 0.4) is 0 Å². The van der Waals surface area contributed by atoms with Crippen LogP contribution in [-0.2, 0) is 28.0 Å². The molecule has 8 heteroatoms. The average Bonchev–Trinajstić information content (AvgIpc) is 3.13. The predicted molar refractivity (Wildman–Crippen MR) is 114 cm³/mol. The Bertz CT molecular complexity index is 947. The van der Waals surface area contributed by atoms with Crippen LogP contribution in [-0.4, -0.2) is 48.5 Å². The number of carbonyl (C=O) groups is 2. The summed E-state index contributed by atoms with van der Waals surface area (Å²) in [4.78, 5) is 33.1. The van der Waals surface area contributed by atoms with Crippen LogP contribution in [0.1, 0.15) is 53.6 Å². The highest BCUT2D eigenvalue weighted by Crippen LogP contribution is 2.36. The molecule has 0 amide bonds. The zero-order valence-corrected chi connectivity index (χ0v) is 19.1. The summed E-state index contributed by atoms with van der Waals surface area (Å²) < 4.78 is 16.0. The normalized spacial score (nSPS) is 16.9. The van der Waals surface area contributed by atoms with Crippen molar-refractivity contribution in [3.05, 3.63) is 39.3 Å². The van der Waals surface area contributed by atoms with E-state index in [-0.39, 0.29) is 17.8 Å². The van der Waals surface area contributed by atoms with E-state index in [2.05, 4.69) is 20.8 Å². The summed E-state index contributed by atoms with van der Waals surface area (Å²) in [5, 5.41) is 0.882. The van der Waals surface area contributed by atoms with Gasteiger partial charge in [-0.05, 0) is 13.0 Å². The van der Waals surface area contributed by atoms with Gasteiger partial charge in [0.2, 0.25) is 5.78 Å². The third kappa shape index (κ3) is 4.34. The van der Waals surface area contributed by atoms with Gasteiger partial charge in [0.1, 0.15) is 11.5 Å². The Morgan fingerprint density at radius 3 is 2.60 bits per heavy atom. The fraction of sp³-hybridized carbons (Fsp3) is 0.500. The first kappa shape index (κ1) is 22.2. The number of Topliss-reactive ketones (excluding diaryl/α,β-unsaturated/α-hetero) is 1. The molecule has 0 spiro atoms. The average molecular weight is 433 g/mol. The van der Waals surface area contributed by atoms with Gasteiger partial charge in [-0.15, -0.1) is 11.3 Å². The SMILES string of the molecule is CCOC(=O)C1C(=O)c2sc(C(C)(C)C)nc2CN1Cc1ccc(OC)cc1OC. The van der Waals surface area contributed by atoms with Crippen LogP contribution in [0, 0.1) is 0 Å². The number of ketones is 1. The van der Waals surface area contributed by atoms with Crippen LogP contribution in [0.4, 0.5) is 0 Å². The second-order valence-corrected chi connectivity index (χ2v) is 9.15. The van der Waals surface area contributed by atoms with Gasteiger partial charge >= 0.3 is 5.97 Å². The first-order valence-corrected chi connectivity index (χ1v) is 10.7. The molecule has 7 nitrogen and oxygen atoms in total. The lowest BCUT2D eigenvalue weighted by Crippen LogP contribution is -2.49. The van der Waals surface area contributed by atoms with Gasteiger partial charge < -0.3 is 14.2 Å². The second kappa shape index (κ2) is 8.73. The van der Waals surface area contributed by atoms with Crippen molar-refractivity contribution in [3.8, 4) is 11.5 Å². The fourth-order valence-corrected chi connectivity index (χ4v) is 4.47. The van der Waals surface area contributed by atoms with Crippen LogP contribution < -0.4 is 9.47 Å². The molecule has 3 rings (SSSR count). The van der Waals surface area contributed by atoms with Crippen molar-refractivity contribution < 1.29 is 23.8 Å². The molecule has 0 aliphatic carbocycles. The molecule has 1 aliphatic heterocycles. The van der Waals surface area contributed by atoms with Crippen LogP contribution in [0.15, 0.2) is 18.2 Å². The second-order valence-electron chi connectivity index (χ2n) is 8.15.